The Bertz CT molecular complexity index is 746. The first-order valence-corrected chi connectivity index (χ1v) is 9.18. The molecule has 1 aliphatic rings. The molecule has 134 valence electrons. The van der Waals surface area contributed by atoms with Gasteiger partial charge in [-0.05, 0) is 67.6 Å². The SMILES string of the molecule is COc1ccc(CN2CCN(c3cccc(C)c3C)CC2)c(C)c1C. The molecule has 0 unspecified atom stereocenters. The number of hydrogen-bond acceptors (Lipinski definition) is 3. The molecule has 0 N–H and O–H groups in total. The Morgan fingerprint density at radius 3 is 2.24 bits per heavy atom. The molecule has 2 aromatic rings. The Labute approximate surface area is 152 Å². The minimum Gasteiger partial charge on any atom is -0.496 e. The van der Waals surface area contributed by atoms with E-state index in [0.717, 1.165) is 38.5 Å². The molecular formula is C22H30N2O. The Kier molecular flexibility index (Phi) is 5.33. The Hall–Kier alpha value is -2.00. The average Bonchev–Trinajstić information content (AvgIpc) is 2.62. The van der Waals surface area contributed by atoms with Crippen LogP contribution in [0, 0.1) is 27.7 Å². The number of nitrogens with zero attached hydrogens (tertiary/aromatic N) is 2. The van der Waals surface area contributed by atoms with Crippen LogP contribution in [0.2, 0.25) is 0 Å². The second-order valence-corrected chi connectivity index (χ2v) is 7.16. The number of anilines is 1. The first-order valence-electron chi connectivity index (χ1n) is 9.18. The van der Waals surface area contributed by atoms with Gasteiger partial charge in [0, 0.05) is 38.4 Å². The van der Waals surface area contributed by atoms with Crippen LogP contribution in [0.15, 0.2) is 30.3 Å². The number of methoxy groups -OCH3 is 1. The highest BCUT2D eigenvalue weighted by Gasteiger charge is 2.19. The van der Waals surface area contributed by atoms with Crippen molar-refractivity contribution in [3.63, 3.8) is 0 Å². The van der Waals surface area contributed by atoms with E-state index in [1.807, 2.05) is 0 Å². The van der Waals surface area contributed by atoms with Crippen LogP contribution in [-0.2, 0) is 6.54 Å². The Morgan fingerprint density at radius 1 is 0.840 bits per heavy atom. The van der Waals surface area contributed by atoms with Gasteiger partial charge in [0.1, 0.15) is 5.75 Å². The summed E-state index contributed by atoms with van der Waals surface area (Å²) in [6.07, 6.45) is 0. The molecule has 3 rings (SSSR count). The molecule has 0 amide bonds. The van der Waals surface area contributed by atoms with E-state index in [4.69, 9.17) is 4.74 Å². The molecule has 0 bridgehead atoms. The van der Waals surface area contributed by atoms with E-state index in [9.17, 15) is 0 Å². The first-order chi connectivity index (χ1) is 12.0. The summed E-state index contributed by atoms with van der Waals surface area (Å²) in [7, 11) is 1.74. The van der Waals surface area contributed by atoms with Gasteiger partial charge in [-0.25, -0.2) is 0 Å². The van der Waals surface area contributed by atoms with Crippen LogP contribution in [0.25, 0.3) is 0 Å². The van der Waals surface area contributed by atoms with Crippen molar-refractivity contribution in [1.82, 2.24) is 4.90 Å². The number of hydrogen-bond donors (Lipinski definition) is 0. The van der Waals surface area contributed by atoms with Crippen molar-refractivity contribution < 1.29 is 4.74 Å². The van der Waals surface area contributed by atoms with Crippen LogP contribution < -0.4 is 9.64 Å². The maximum Gasteiger partial charge on any atom is 0.122 e. The highest BCUT2D eigenvalue weighted by molar-refractivity contribution is 5.56. The van der Waals surface area contributed by atoms with Gasteiger partial charge < -0.3 is 9.64 Å². The van der Waals surface area contributed by atoms with Gasteiger partial charge in [-0.2, -0.15) is 0 Å². The lowest BCUT2D eigenvalue weighted by molar-refractivity contribution is 0.249. The minimum absolute atomic E-state index is 0.987. The smallest absolute Gasteiger partial charge is 0.122 e. The van der Waals surface area contributed by atoms with Crippen molar-refractivity contribution >= 4 is 5.69 Å². The molecule has 1 fully saturated rings. The maximum atomic E-state index is 5.43. The van der Waals surface area contributed by atoms with Gasteiger partial charge >= 0.3 is 0 Å². The fourth-order valence-corrected chi connectivity index (χ4v) is 3.71. The van der Waals surface area contributed by atoms with Crippen LogP contribution in [-0.4, -0.2) is 38.2 Å². The highest BCUT2D eigenvalue weighted by Crippen LogP contribution is 2.27. The summed E-state index contributed by atoms with van der Waals surface area (Å²) < 4.78 is 5.43. The Balaban J connectivity index is 1.65. The van der Waals surface area contributed by atoms with Gasteiger partial charge in [-0.1, -0.05) is 18.2 Å². The van der Waals surface area contributed by atoms with Crippen LogP contribution >= 0.6 is 0 Å². The molecule has 0 spiro atoms. The van der Waals surface area contributed by atoms with E-state index in [-0.39, 0.29) is 0 Å². The maximum absolute atomic E-state index is 5.43. The van der Waals surface area contributed by atoms with Gasteiger partial charge in [-0.3, -0.25) is 4.90 Å². The summed E-state index contributed by atoms with van der Waals surface area (Å²) in [6.45, 7) is 14.2. The molecule has 1 saturated heterocycles. The zero-order chi connectivity index (χ0) is 18.0. The third-order valence-corrected chi connectivity index (χ3v) is 5.75. The van der Waals surface area contributed by atoms with Crippen LogP contribution in [0.1, 0.15) is 27.8 Å². The number of ether oxygens (including phenoxy) is 1. The largest absolute Gasteiger partial charge is 0.496 e. The fourth-order valence-electron chi connectivity index (χ4n) is 3.71. The summed E-state index contributed by atoms with van der Waals surface area (Å²) in [5.41, 5.74) is 8.22. The summed E-state index contributed by atoms with van der Waals surface area (Å²) >= 11 is 0. The molecule has 0 aliphatic carbocycles. The third-order valence-electron chi connectivity index (χ3n) is 5.75. The molecule has 2 aromatic carbocycles. The van der Waals surface area contributed by atoms with E-state index in [1.165, 1.54) is 33.5 Å². The molecule has 0 atom stereocenters. The van der Waals surface area contributed by atoms with Gasteiger partial charge in [0.15, 0.2) is 0 Å². The van der Waals surface area contributed by atoms with Crippen molar-refractivity contribution in [2.75, 3.05) is 38.2 Å². The molecule has 3 heteroatoms. The quantitative estimate of drug-likeness (QED) is 0.829. The predicted molar refractivity (Wildman–Crippen MR) is 106 cm³/mol. The van der Waals surface area contributed by atoms with Crippen molar-refractivity contribution in [1.29, 1.82) is 0 Å². The number of rotatable bonds is 4. The van der Waals surface area contributed by atoms with E-state index in [0.29, 0.717) is 0 Å². The monoisotopic (exact) mass is 338 g/mol. The van der Waals surface area contributed by atoms with Gasteiger partial charge in [0.25, 0.3) is 0 Å². The van der Waals surface area contributed by atoms with Gasteiger partial charge in [-0.15, -0.1) is 0 Å². The van der Waals surface area contributed by atoms with E-state index >= 15 is 0 Å². The molecule has 3 nitrogen and oxygen atoms in total. The summed E-state index contributed by atoms with van der Waals surface area (Å²) in [5, 5.41) is 0. The zero-order valence-electron chi connectivity index (χ0n) is 16.2. The number of piperazine rings is 1. The van der Waals surface area contributed by atoms with Crippen LogP contribution in [0.4, 0.5) is 5.69 Å². The molecule has 0 saturated carbocycles. The van der Waals surface area contributed by atoms with Crippen molar-refractivity contribution in [3.05, 3.63) is 58.1 Å². The minimum atomic E-state index is 0.987. The number of aryl methyl sites for hydroxylation is 1. The molecular weight excluding hydrogens is 308 g/mol. The van der Waals surface area contributed by atoms with E-state index in [2.05, 4.69) is 67.8 Å². The van der Waals surface area contributed by atoms with Crippen LogP contribution in [0.5, 0.6) is 5.75 Å². The number of benzene rings is 2. The molecule has 0 radical (unpaired) electrons. The molecule has 1 heterocycles. The van der Waals surface area contributed by atoms with Gasteiger partial charge in [0.05, 0.1) is 7.11 Å². The zero-order valence-corrected chi connectivity index (χ0v) is 16.2. The second kappa shape index (κ2) is 7.49. The third kappa shape index (κ3) is 3.67. The lowest BCUT2D eigenvalue weighted by Gasteiger charge is -2.37. The van der Waals surface area contributed by atoms with E-state index < -0.39 is 0 Å². The topological polar surface area (TPSA) is 15.7 Å². The molecule has 0 aromatic heterocycles. The molecule has 1 aliphatic heterocycles. The summed E-state index contributed by atoms with van der Waals surface area (Å²) in [5.74, 6) is 0.987. The standard InChI is InChI=1S/C22H30N2O/c1-16-7-6-8-21(17(16)2)24-13-11-23(12-14-24)15-20-9-10-22(25-5)19(4)18(20)3/h6-10H,11-15H2,1-5H3. The fraction of sp³-hybridized carbons (Fsp3) is 0.455. The lowest BCUT2D eigenvalue weighted by Crippen LogP contribution is -2.46. The van der Waals surface area contributed by atoms with Crippen molar-refractivity contribution in [3.8, 4) is 5.75 Å². The Morgan fingerprint density at radius 2 is 1.56 bits per heavy atom. The highest BCUT2D eigenvalue weighted by atomic mass is 16.5. The normalized spacial score (nSPS) is 15.5. The van der Waals surface area contributed by atoms with Gasteiger partial charge in [0.2, 0.25) is 0 Å². The summed E-state index contributed by atoms with van der Waals surface area (Å²) in [6, 6.07) is 11.0. The molecule has 25 heavy (non-hydrogen) atoms. The summed E-state index contributed by atoms with van der Waals surface area (Å²) in [4.78, 5) is 5.10. The average molecular weight is 338 g/mol. The lowest BCUT2D eigenvalue weighted by atomic mass is 10.0. The first kappa shape index (κ1) is 17.8. The van der Waals surface area contributed by atoms with Crippen molar-refractivity contribution in [2.24, 2.45) is 0 Å². The van der Waals surface area contributed by atoms with Crippen molar-refractivity contribution in [2.45, 2.75) is 34.2 Å². The van der Waals surface area contributed by atoms with E-state index in [1.54, 1.807) is 7.11 Å². The predicted octanol–water partition coefficient (Wildman–Crippen LogP) is 4.25. The second-order valence-electron chi connectivity index (χ2n) is 7.16. The van der Waals surface area contributed by atoms with Crippen LogP contribution in [0.3, 0.4) is 0 Å².